The van der Waals surface area contributed by atoms with Gasteiger partial charge < -0.3 is 14.9 Å². The largest absolute Gasteiger partial charge is 0.394 e. The minimum atomic E-state index is -0.437. The Morgan fingerprint density at radius 1 is 1.00 bits per heavy atom. The summed E-state index contributed by atoms with van der Waals surface area (Å²) in [5.74, 6) is 0.127. The third-order valence-corrected chi connectivity index (χ3v) is 7.41. The first-order valence-corrected chi connectivity index (χ1v) is 11.3. The average molecular weight is 420 g/mol. The highest BCUT2D eigenvalue weighted by atomic mass is 16.3. The van der Waals surface area contributed by atoms with Gasteiger partial charge in [0.25, 0.3) is 5.91 Å². The quantitative estimate of drug-likeness (QED) is 0.827. The van der Waals surface area contributed by atoms with Crippen molar-refractivity contribution in [3.63, 3.8) is 0 Å². The lowest BCUT2D eigenvalue weighted by Gasteiger charge is -2.70. The second-order valence-corrected chi connectivity index (χ2v) is 9.16. The zero-order chi connectivity index (χ0) is 21.4. The molecule has 1 aromatic carbocycles. The van der Waals surface area contributed by atoms with E-state index in [1.54, 1.807) is 23.2 Å². The van der Waals surface area contributed by atoms with E-state index < -0.39 is 5.54 Å². The van der Waals surface area contributed by atoms with Gasteiger partial charge in [-0.1, -0.05) is 55.7 Å². The molecule has 1 N–H and O–H groups in total. The van der Waals surface area contributed by atoms with E-state index >= 15 is 0 Å². The van der Waals surface area contributed by atoms with Gasteiger partial charge in [0.05, 0.1) is 18.2 Å². The molecule has 6 nitrogen and oxygen atoms in total. The first-order valence-electron chi connectivity index (χ1n) is 11.3. The number of carbonyl (C=O) groups excluding carboxylic acids is 2. The highest BCUT2D eigenvalue weighted by Crippen LogP contribution is 2.55. The Hall–Kier alpha value is -2.73. The molecule has 2 aliphatic heterocycles. The summed E-state index contributed by atoms with van der Waals surface area (Å²) in [7, 11) is 0. The van der Waals surface area contributed by atoms with E-state index in [1.807, 2.05) is 29.2 Å². The molecular formula is C25H29N3O3. The third-order valence-electron chi connectivity index (χ3n) is 7.41. The van der Waals surface area contributed by atoms with Crippen molar-refractivity contribution in [2.45, 2.75) is 49.6 Å². The molecule has 0 unspecified atom stereocenters. The summed E-state index contributed by atoms with van der Waals surface area (Å²) in [6.07, 6.45) is 6.85. The van der Waals surface area contributed by atoms with Crippen molar-refractivity contribution in [3.05, 3.63) is 66.0 Å². The van der Waals surface area contributed by atoms with Gasteiger partial charge in [-0.05, 0) is 30.5 Å². The van der Waals surface area contributed by atoms with Crippen LogP contribution in [0.5, 0.6) is 0 Å². The fourth-order valence-electron chi connectivity index (χ4n) is 5.97. The maximum Gasteiger partial charge on any atom is 0.272 e. The zero-order valence-electron chi connectivity index (χ0n) is 17.7. The second kappa shape index (κ2) is 8.08. The first-order chi connectivity index (χ1) is 15.2. The maximum atomic E-state index is 13.6. The van der Waals surface area contributed by atoms with Crippen LogP contribution >= 0.6 is 0 Å². The molecule has 0 radical (unpaired) electrons. The Morgan fingerprint density at radius 3 is 2.35 bits per heavy atom. The van der Waals surface area contributed by atoms with E-state index in [0.29, 0.717) is 18.8 Å². The molecule has 2 atom stereocenters. The van der Waals surface area contributed by atoms with Crippen LogP contribution in [0.3, 0.4) is 0 Å². The third kappa shape index (κ3) is 3.24. The summed E-state index contributed by atoms with van der Waals surface area (Å²) in [5.41, 5.74) is 1.12. The van der Waals surface area contributed by atoms with Gasteiger partial charge in [-0.25, -0.2) is 0 Å². The van der Waals surface area contributed by atoms with Crippen LogP contribution in [0.2, 0.25) is 0 Å². The van der Waals surface area contributed by atoms with Crippen LogP contribution in [0.15, 0.2) is 54.7 Å². The number of nitrogens with zero attached hydrogens (tertiary/aromatic N) is 3. The van der Waals surface area contributed by atoms with E-state index in [2.05, 4.69) is 17.1 Å². The van der Waals surface area contributed by atoms with Gasteiger partial charge >= 0.3 is 0 Å². The van der Waals surface area contributed by atoms with E-state index in [1.165, 1.54) is 6.42 Å². The molecule has 0 bridgehead atoms. The van der Waals surface area contributed by atoms with Crippen LogP contribution < -0.4 is 0 Å². The molecule has 1 aliphatic carbocycles. The number of hydrogen-bond donors (Lipinski definition) is 1. The van der Waals surface area contributed by atoms with Gasteiger partial charge in [0, 0.05) is 31.1 Å². The van der Waals surface area contributed by atoms with E-state index in [-0.39, 0.29) is 36.3 Å². The number of likely N-dealkylation sites (tertiary alicyclic amines) is 2. The van der Waals surface area contributed by atoms with Crippen LogP contribution in [-0.4, -0.2) is 63.0 Å². The van der Waals surface area contributed by atoms with E-state index in [9.17, 15) is 14.7 Å². The van der Waals surface area contributed by atoms with Gasteiger partial charge in [-0.3, -0.25) is 14.6 Å². The highest BCUT2D eigenvalue weighted by molar-refractivity contribution is 5.93. The van der Waals surface area contributed by atoms with Crippen LogP contribution in [0, 0.1) is 5.92 Å². The normalized spacial score (nSPS) is 25.1. The van der Waals surface area contributed by atoms with Crippen molar-refractivity contribution in [1.82, 2.24) is 14.8 Å². The lowest BCUT2D eigenvalue weighted by molar-refractivity contribution is -0.198. The van der Waals surface area contributed by atoms with E-state index in [4.69, 9.17) is 0 Å². The fourth-order valence-corrected chi connectivity index (χ4v) is 5.97. The topological polar surface area (TPSA) is 73.7 Å². The predicted molar refractivity (Wildman–Crippen MR) is 116 cm³/mol. The minimum Gasteiger partial charge on any atom is -0.394 e. The molecule has 3 heterocycles. The number of carbonyl (C=O) groups is 2. The molecule has 1 spiro atoms. The van der Waals surface area contributed by atoms with Crippen LogP contribution in [0.25, 0.3) is 0 Å². The Morgan fingerprint density at radius 2 is 1.71 bits per heavy atom. The number of amides is 2. The number of hydrogen-bond acceptors (Lipinski definition) is 4. The Balaban J connectivity index is 1.43. The smallest absolute Gasteiger partial charge is 0.272 e. The molecule has 162 valence electrons. The number of benzene rings is 1. The number of rotatable bonds is 4. The molecular weight excluding hydrogens is 390 g/mol. The molecule has 2 amide bonds. The van der Waals surface area contributed by atoms with Crippen LogP contribution in [-0.2, 0) is 4.79 Å². The average Bonchev–Trinajstić information content (AvgIpc) is 2.79. The summed E-state index contributed by atoms with van der Waals surface area (Å²) >= 11 is 0. The molecule has 3 aliphatic rings. The molecule has 5 rings (SSSR count). The van der Waals surface area contributed by atoms with Gasteiger partial charge in [0.1, 0.15) is 5.69 Å². The number of pyridine rings is 1. The Bertz CT molecular complexity index is 937. The lowest BCUT2D eigenvalue weighted by Crippen LogP contribution is -2.86. The van der Waals surface area contributed by atoms with Crippen LogP contribution in [0.4, 0.5) is 0 Å². The zero-order valence-corrected chi connectivity index (χ0v) is 17.7. The fraction of sp³-hybridized carbons (Fsp3) is 0.480. The van der Waals surface area contributed by atoms with Crippen molar-refractivity contribution < 1.29 is 14.7 Å². The summed E-state index contributed by atoms with van der Waals surface area (Å²) in [6.45, 7) is 0.905. The van der Waals surface area contributed by atoms with Gasteiger partial charge in [0.15, 0.2) is 0 Å². The molecule has 1 saturated carbocycles. The van der Waals surface area contributed by atoms with Crippen molar-refractivity contribution >= 4 is 11.8 Å². The van der Waals surface area contributed by atoms with Crippen molar-refractivity contribution in [2.24, 2.45) is 5.92 Å². The molecule has 6 heteroatoms. The SMILES string of the molecule is O=C(c1ccccn1)N1CC2(C1)[C@@H](c1ccccc1)[C@@H](CO)N2C(=O)C1CCCCC1. The highest BCUT2D eigenvalue weighted by Gasteiger charge is 2.68. The Kier molecular flexibility index (Phi) is 5.26. The summed E-state index contributed by atoms with van der Waals surface area (Å²) in [6, 6.07) is 15.2. The first kappa shape index (κ1) is 20.2. The summed E-state index contributed by atoms with van der Waals surface area (Å²) in [4.78, 5) is 34.4. The minimum absolute atomic E-state index is 0.0269. The molecule has 1 aromatic heterocycles. The maximum absolute atomic E-state index is 13.6. The van der Waals surface area contributed by atoms with Crippen molar-refractivity contribution in [1.29, 1.82) is 0 Å². The molecule has 2 saturated heterocycles. The van der Waals surface area contributed by atoms with Gasteiger partial charge in [0.2, 0.25) is 5.91 Å². The number of aliphatic hydroxyl groups is 1. The summed E-state index contributed by atoms with van der Waals surface area (Å²) < 4.78 is 0. The second-order valence-electron chi connectivity index (χ2n) is 9.16. The van der Waals surface area contributed by atoms with Crippen molar-refractivity contribution in [2.75, 3.05) is 19.7 Å². The number of aromatic nitrogens is 1. The number of aliphatic hydroxyl groups excluding tert-OH is 1. The predicted octanol–water partition coefficient (Wildman–Crippen LogP) is 2.84. The lowest BCUT2D eigenvalue weighted by atomic mass is 9.60. The van der Waals surface area contributed by atoms with E-state index in [0.717, 1.165) is 31.2 Å². The van der Waals surface area contributed by atoms with Crippen LogP contribution in [0.1, 0.15) is 54.1 Å². The van der Waals surface area contributed by atoms with Gasteiger partial charge in [-0.2, -0.15) is 0 Å². The summed E-state index contributed by atoms with van der Waals surface area (Å²) in [5, 5.41) is 10.3. The molecule has 2 aromatic rings. The van der Waals surface area contributed by atoms with Gasteiger partial charge in [-0.15, -0.1) is 0 Å². The standard InChI is InChI=1S/C25H29N3O3/c29-15-21-22(18-9-3-1-4-10-18)25(28(21)23(30)19-11-5-2-6-12-19)16-27(17-25)24(31)20-13-7-8-14-26-20/h1,3-4,7-10,13-14,19,21-22,29H,2,5-6,11-12,15-17H2/t21-,22+/m1/s1. The van der Waals surface area contributed by atoms with Crippen molar-refractivity contribution in [3.8, 4) is 0 Å². The Labute approximate surface area is 182 Å². The monoisotopic (exact) mass is 419 g/mol. The molecule has 3 fully saturated rings. The molecule has 31 heavy (non-hydrogen) atoms.